The van der Waals surface area contributed by atoms with Crippen LogP contribution in [0.2, 0.25) is 0 Å². The van der Waals surface area contributed by atoms with Gasteiger partial charge in [-0.3, -0.25) is 10.1 Å². The molecule has 0 aliphatic heterocycles. The van der Waals surface area contributed by atoms with E-state index in [2.05, 4.69) is 10.6 Å². The lowest BCUT2D eigenvalue weighted by atomic mass is 10.0. The second-order valence-electron chi connectivity index (χ2n) is 6.02. The van der Waals surface area contributed by atoms with Crippen molar-refractivity contribution in [2.24, 2.45) is 0 Å². The molecule has 2 aromatic rings. The summed E-state index contributed by atoms with van der Waals surface area (Å²) in [6, 6.07) is 16.7. The van der Waals surface area contributed by atoms with Crippen molar-refractivity contribution in [2.45, 2.75) is 19.8 Å². The van der Waals surface area contributed by atoms with Gasteiger partial charge >= 0.3 is 12.0 Å². The van der Waals surface area contributed by atoms with E-state index in [1.54, 1.807) is 6.07 Å². The minimum atomic E-state index is -0.702. The zero-order chi connectivity index (χ0) is 20.2. The summed E-state index contributed by atoms with van der Waals surface area (Å²) >= 11 is 0. The summed E-state index contributed by atoms with van der Waals surface area (Å²) in [6.07, 6.45) is 1.42. The maximum Gasteiger partial charge on any atom is 0.344 e. The molecule has 0 fully saturated rings. The van der Waals surface area contributed by atoms with Crippen LogP contribution in [0.1, 0.15) is 24.5 Å². The highest BCUT2D eigenvalue weighted by atomic mass is 16.6. The van der Waals surface area contributed by atoms with Crippen LogP contribution < -0.4 is 15.4 Å². The SMILES string of the molecule is CCCNC(=O)NC(=O)COC(=O)COc1ccccc1Cc1ccccc1. The third-order valence-corrected chi connectivity index (χ3v) is 3.71. The Bertz CT molecular complexity index is 792. The van der Waals surface area contributed by atoms with Gasteiger partial charge in [-0.05, 0) is 23.6 Å². The molecule has 0 aliphatic rings. The van der Waals surface area contributed by atoms with Crippen LogP contribution in [0.25, 0.3) is 0 Å². The molecule has 0 bridgehead atoms. The topological polar surface area (TPSA) is 93.7 Å². The summed E-state index contributed by atoms with van der Waals surface area (Å²) in [5.74, 6) is -0.822. The average molecular weight is 384 g/mol. The van der Waals surface area contributed by atoms with Crippen LogP contribution in [0, 0.1) is 0 Å². The standard InChI is InChI=1S/C21H24N2O5/c1-2-12-22-21(26)23-19(24)14-28-20(25)15-27-18-11-7-6-10-17(18)13-16-8-4-3-5-9-16/h3-11H,2,12-15H2,1H3,(H2,22,23,24,26). The van der Waals surface area contributed by atoms with Gasteiger partial charge in [-0.2, -0.15) is 0 Å². The number of para-hydroxylation sites is 1. The Hall–Kier alpha value is -3.35. The smallest absolute Gasteiger partial charge is 0.344 e. The first-order chi connectivity index (χ1) is 13.6. The van der Waals surface area contributed by atoms with Crippen molar-refractivity contribution in [1.29, 1.82) is 0 Å². The summed E-state index contributed by atoms with van der Waals surface area (Å²) in [4.78, 5) is 34.7. The van der Waals surface area contributed by atoms with Gasteiger partial charge in [-0.15, -0.1) is 0 Å². The quantitative estimate of drug-likeness (QED) is 0.648. The van der Waals surface area contributed by atoms with Crippen LogP contribution in [0.3, 0.4) is 0 Å². The van der Waals surface area contributed by atoms with Crippen molar-refractivity contribution >= 4 is 17.9 Å². The van der Waals surface area contributed by atoms with E-state index >= 15 is 0 Å². The third kappa shape index (κ3) is 7.49. The van der Waals surface area contributed by atoms with Gasteiger partial charge in [0.15, 0.2) is 13.2 Å². The Balaban J connectivity index is 1.78. The number of nitrogens with one attached hydrogen (secondary N) is 2. The van der Waals surface area contributed by atoms with Crippen LogP contribution in [0.5, 0.6) is 5.75 Å². The molecule has 0 saturated heterocycles. The van der Waals surface area contributed by atoms with Crippen molar-refractivity contribution in [3.8, 4) is 5.75 Å². The molecule has 3 amide bonds. The Morgan fingerprint density at radius 3 is 2.39 bits per heavy atom. The molecule has 2 N–H and O–H groups in total. The zero-order valence-electron chi connectivity index (χ0n) is 15.8. The van der Waals surface area contributed by atoms with Gasteiger partial charge in [0.25, 0.3) is 5.91 Å². The lowest BCUT2D eigenvalue weighted by Gasteiger charge is -2.11. The predicted molar refractivity (Wildman–Crippen MR) is 104 cm³/mol. The van der Waals surface area contributed by atoms with Crippen LogP contribution in [0.15, 0.2) is 54.6 Å². The Labute approximate surface area is 164 Å². The predicted octanol–water partition coefficient (Wildman–Crippen LogP) is 2.44. The molecule has 0 saturated carbocycles. The van der Waals surface area contributed by atoms with Gasteiger partial charge in [-0.25, -0.2) is 9.59 Å². The number of hydrogen-bond donors (Lipinski definition) is 2. The third-order valence-electron chi connectivity index (χ3n) is 3.71. The number of benzene rings is 2. The first-order valence-corrected chi connectivity index (χ1v) is 9.06. The van der Waals surface area contributed by atoms with Crippen LogP contribution in [-0.4, -0.2) is 37.7 Å². The molecule has 28 heavy (non-hydrogen) atoms. The average Bonchev–Trinajstić information content (AvgIpc) is 2.71. The van der Waals surface area contributed by atoms with Gasteiger partial charge in [-0.1, -0.05) is 55.5 Å². The molecule has 0 aliphatic carbocycles. The van der Waals surface area contributed by atoms with Gasteiger partial charge < -0.3 is 14.8 Å². The summed E-state index contributed by atoms with van der Waals surface area (Å²) in [5.41, 5.74) is 2.06. The van der Waals surface area contributed by atoms with E-state index in [0.29, 0.717) is 18.7 Å². The van der Waals surface area contributed by atoms with E-state index in [1.165, 1.54) is 0 Å². The summed E-state index contributed by atoms with van der Waals surface area (Å²) < 4.78 is 10.4. The van der Waals surface area contributed by atoms with Crippen molar-refractivity contribution < 1.29 is 23.9 Å². The molecule has 7 heteroatoms. The molecule has 148 valence electrons. The first kappa shape index (κ1) is 21.0. The highest BCUT2D eigenvalue weighted by Crippen LogP contribution is 2.21. The number of amides is 3. The summed E-state index contributed by atoms with van der Waals surface area (Å²) in [7, 11) is 0. The van der Waals surface area contributed by atoms with Crippen LogP contribution in [-0.2, 0) is 20.7 Å². The molecule has 7 nitrogen and oxygen atoms in total. The Morgan fingerprint density at radius 2 is 1.64 bits per heavy atom. The highest BCUT2D eigenvalue weighted by Gasteiger charge is 2.12. The summed E-state index contributed by atoms with van der Waals surface area (Å²) in [6.45, 7) is 1.46. The molecule has 0 heterocycles. The van der Waals surface area contributed by atoms with E-state index in [4.69, 9.17) is 9.47 Å². The fourth-order valence-electron chi connectivity index (χ4n) is 2.38. The largest absolute Gasteiger partial charge is 0.482 e. The molecule has 0 aromatic heterocycles. The molecule has 2 aromatic carbocycles. The van der Waals surface area contributed by atoms with Gasteiger partial charge in [0, 0.05) is 13.0 Å². The number of rotatable bonds is 9. The maximum absolute atomic E-state index is 11.8. The Morgan fingerprint density at radius 1 is 0.929 bits per heavy atom. The van der Waals surface area contributed by atoms with Gasteiger partial charge in [0.05, 0.1) is 0 Å². The number of urea groups is 1. The van der Waals surface area contributed by atoms with Gasteiger partial charge in [0.2, 0.25) is 0 Å². The number of ether oxygens (including phenoxy) is 2. The highest BCUT2D eigenvalue weighted by molar-refractivity contribution is 5.95. The molecular formula is C21H24N2O5. The number of esters is 1. The van der Waals surface area contributed by atoms with Crippen molar-refractivity contribution in [1.82, 2.24) is 10.6 Å². The number of carbonyl (C=O) groups is 3. The number of hydrogen-bond acceptors (Lipinski definition) is 5. The lowest BCUT2D eigenvalue weighted by molar-refractivity contribution is -0.150. The molecule has 0 atom stereocenters. The molecule has 2 rings (SSSR count). The Kier molecular flexibility index (Phi) is 8.52. The minimum absolute atomic E-state index is 0.332. The van der Waals surface area contributed by atoms with E-state index in [-0.39, 0.29) is 6.61 Å². The molecule has 0 spiro atoms. The van der Waals surface area contributed by atoms with Crippen LogP contribution >= 0.6 is 0 Å². The molecule has 0 unspecified atom stereocenters. The second-order valence-corrected chi connectivity index (χ2v) is 6.02. The molecular weight excluding hydrogens is 360 g/mol. The van der Waals surface area contributed by atoms with Crippen molar-refractivity contribution in [3.63, 3.8) is 0 Å². The van der Waals surface area contributed by atoms with E-state index < -0.39 is 24.5 Å². The number of imide groups is 1. The van der Waals surface area contributed by atoms with Crippen molar-refractivity contribution in [2.75, 3.05) is 19.8 Å². The monoisotopic (exact) mass is 384 g/mol. The van der Waals surface area contributed by atoms with Crippen LogP contribution in [0.4, 0.5) is 4.79 Å². The maximum atomic E-state index is 11.8. The van der Waals surface area contributed by atoms with E-state index in [9.17, 15) is 14.4 Å². The van der Waals surface area contributed by atoms with E-state index in [0.717, 1.165) is 17.5 Å². The summed E-state index contributed by atoms with van der Waals surface area (Å²) in [5, 5.41) is 4.56. The van der Waals surface area contributed by atoms with E-state index in [1.807, 2.05) is 55.5 Å². The second kappa shape index (κ2) is 11.4. The minimum Gasteiger partial charge on any atom is -0.482 e. The number of carbonyl (C=O) groups excluding carboxylic acids is 3. The normalized spacial score (nSPS) is 10.0. The fourth-order valence-corrected chi connectivity index (χ4v) is 2.38. The van der Waals surface area contributed by atoms with Crippen molar-refractivity contribution in [3.05, 3.63) is 65.7 Å². The molecule has 0 radical (unpaired) electrons. The zero-order valence-corrected chi connectivity index (χ0v) is 15.8. The van der Waals surface area contributed by atoms with Gasteiger partial charge in [0.1, 0.15) is 5.75 Å². The fraction of sp³-hybridized carbons (Fsp3) is 0.286. The first-order valence-electron chi connectivity index (χ1n) is 9.06. The lowest BCUT2D eigenvalue weighted by Crippen LogP contribution is -2.41.